The summed E-state index contributed by atoms with van der Waals surface area (Å²) in [5.41, 5.74) is 0.509. The van der Waals surface area contributed by atoms with Crippen LogP contribution >= 0.6 is 0 Å². The second-order valence-corrected chi connectivity index (χ2v) is 10.7. The zero-order chi connectivity index (χ0) is 27.3. The summed E-state index contributed by atoms with van der Waals surface area (Å²) in [6.07, 6.45) is 5.24. The molecule has 1 atom stereocenters. The fourth-order valence-corrected chi connectivity index (χ4v) is 5.69. The van der Waals surface area contributed by atoms with Crippen molar-refractivity contribution in [1.82, 2.24) is 14.5 Å². The molecule has 2 aromatic carbocycles. The van der Waals surface area contributed by atoms with E-state index in [1.165, 1.54) is 41.1 Å². The number of benzene rings is 2. The van der Waals surface area contributed by atoms with Gasteiger partial charge in [-0.2, -0.15) is 4.98 Å². The van der Waals surface area contributed by atoms with Gasteiger partial charge in [-0.3, -0.25) is 14.3 Å². The second-order valence-electron chi connectivity index (χ2n) is 8.84. The Balaban J connectivity index is 1.84. The molecule has 0 saturated heterocycles. The minimum atomic E-state index is -4.51. The summed E-state index contributed by atoms with van der Waals surface area (Å²) in [7, 11) is -4.51. The quantitative estimate of drug-likeness (QED) is 0.289. The molecule has 0 unspecified atom stereocenters. The summed E-state index contributed by atoms with van der Waals surface area (Å²) in [6, 6.07) is 14.7. The highest BCUT2D eigenvalue weighted by atomic mass is 32.2. The maximum Gasteiger partial charge on any atom is 0.296 e. The lowest BCUT2D eigenvalue weighted by atomic mass is 10.1. The lowest BCUT2D eigenvalue weighted by Gasteiger charge is -2.24. The predicted octanol–water partition coefficient (Wildman–Crippen LogP) is 4.30. The van der Waals surface area contributed by atoms with Crippen LogP contribution in [0.25, 0.3) is 11.1 Å². The molecule has 0 aliphatic rings. The van der Waals surface area contributed by atoms with Crippen molar-refractivity contribution in [2.45, 2.75) is 48.4 Å². The Labute approximate surface area is 220 Å². The average molecular weight is 538 g/mol. The van der Waals surface area contributed by atoms with E-state index in [0.29, 0.717) is 29.5 Å². The number of nitrogens with zero attached hydrogens (tertiary/aromatic N) is 3. The molecule has 0 aliphatic carbocycles. The van der Waals surface area contributed by atoms with E-state index in [1.807, 2.05) is 6.92 Å². The Morgan fingerprint density at radius 3 is 2.34 bits per heavy atom. The molecule has 2 N–H and O–H groups in total. The molecule has 0 spiro atoms. The first-order chi connectivity index (χ1) is 18.3. The highest BCUT2D eigenvalue weighted by Gasteiger charge is 2.32. The number of hydrogen-bond donors (Lipinski definition) is 2. The molecule has 10 heteroatoms. The molecule has 4 aromatic rings. The zero-order valence-corrected chi connectivity index (χ0v) is 21.6. The van der Waals surface area contributed by atoms with Crippen molar-refractivity contribution in [3.8, 4) is 17.0 Å². The molecule has 0 aliphatic heterocycles. The number of aromatic nitrogens is 3. The van der Waals surface area contributed by atoms with Gasteiger partial charge >= 0.3 is 0 Å². The number of sulfone groups is 1. The van der Waals surface area contributed by atoms with Crippen LogP contribution in [0.5, 0.6) is 5.88 Å². The standard InChI is InChI=1S/C28H28FN3O5S/c1-2-3-5-10-25-31-27(34)26(28(35)32(25)24(18-33)20-8-6-4-7-9-20)38(36,37)23-13-11-19(12-14-23)21-15-22(29)17-30-16-21/h4,6-9,11-17,24,33,35H,2-3,5,10,18H2,1H3/t24-/m0/s1. The molecule has 0 saturated carbocycles. The molecule has 2 aromatic heterocycles. The van der Waals surface area contributed by atoms with Crippen molar-refractivity contribution >= 4 is 9.84 Å². The van der Waals surface area contributed by atoms with Crippen molar-refractivity contribution in [2.24, 2.45) is 0 Å². The van der Waals surface area contributed by atoms with E-state index in [2.05, 4.69) is 9.97 Å². The van der Waals surface area contributed by atoms with Gasteiger partial charge < -0.3 is 10.2 Å². The number of rotatable bonds is 10. The van der Waals surface area contributed by atoms with Gasteiger partial charge in [-0.15, -0.1) is 0 Å². The molecule has 0 bridgehead atoms. The van der Waals surface area contributed by atoms with Crippen molar-refractivity contribution < 1.29 is 23.0 Å². The lowest BCUT2D eigenvalue weighted by molar-refractivity contribution is 0.231. The summed E-state index contributed by atoms with van der Waals surface area (Å²) >= 11 is 0. The molecule has 2 heterocycles. The van der Waals surface area contributed by atoms with Gasteiger partial charge in [0.25, 0.3) is 5.56 Å². The number of aromatic hydroxyl groups is 1. The van der Waals surface area contributed by atoms with Crippen LogP contribution < -0.4 is 5.56 Å². The highest BCUT2D eigenvalue weighted by molar-refractivity contribution is 7.91. The monoisotopic (exact) mass is 537 g/mol. The van der Waals surface area contributed by atoms with Gasteiger partial charge in [-0.1, -0.05) is 62.2 Å². The maximum atomic E-state index is 13.6. The van der Waals surface area contributed by atoms with Crippen LogP contribution in [0.15, 0.2) is 87.6 Å². The van der Waals surface area contributed by atoms with Gasteiger partial charge in [0.2, 0.25) is 15.7 Å². The van der Waals surface area contributed by atoms with E-state index in [-0.39, 0.29) is 10.7 Å². The van der Waals surface area contributed by atoms with Gasteiger partial charge in [-0.25, -0.2) is 12.8 Å². The summed E-state index contributed by atoms with van der Waals surface area (Å²) in [5.74, 6) is -1.12. The van der Waals surface area contributed by atoms with Gasteiger partial charge in [0.05, 0.1) is 23.7 Å². The molecule has 0 radical (unpaired) electrons. The highest BCUT2D eigenvalue weighted by Crippen LogP contribution is 2.32. The van der Waals surface area contributed by atoms with E-state index in [0.717, 1.165) is 19.0 Å². The van der Waals surface area contributed by atoms with Crippen molar-refractivity contribution in [3.05, 3.63) is 101 Å². The third kappa shape index (κ3) is 5.51. The van der Waals surface area contributed by atoms with Crippen LogP contribution in [-0.4, -0.2) is 39.8 Å². The fraction of sp³-hybridized carbons (Fsp3) is 0.250. The Bertz CT molecular complexity index is 1570. The number of pyridine rings is 1. The van der Waals surface area contributed by atoms with Gasteiger partial charge in [0.1, 0.15) is 11.6 Å². The smallest absolute Gasteiger partial charge is 0.296 e. The van der Waals surface area contributed by atoms with Crippen LogP contribution in [0.4, 0.5) is 4.39 Å². The Morgan fingerprint density at radius 2 is 1.71 bits per heavy atom. The Hall–Kier alpha value is -3.89. The first kappa shape index (κ1) is 27.2. The minimum Gasteiger partial charge on any atom is -0.493 e. The van der Waals surface area contributed by atoms with Gasteiger partial charge in [0, 0.05) is 18.2 Å². The number of aliphatic hydroxyl groups excluding tert-OH is 1. The van der Waals surface area contributed by atoms with E-state index in [9.17, 15) is 27.8 Å². The molecule has 38 heavy (non-hydrogen) atoms. The first-order valence-electron chi connectivity index (χ1n) is 12.2. The molecule has 198 valence electrons. The second kappa shape index (κ2) is 11.7. The average Bonchev–Trinajstić information content (AvgIpc) is 2.91. The number of aryl methyl sites for hydroxylation is 1. The largest absolute Gasteiger partial charge is 0.493 e. The van der Waals surface area contributed by atoms with E-state index in [4.69, 9.17) is 0 Å². The van der Waals surface area contributed by atoms with Crippen molar-refractivity contribution in [2.75, 3.05) is 6.61 Å². The Kier molecular flexibility index (Phi) is 8.33. The minimum absolute atomic E-state index is 0.191. The molecule has 8 nitrogen and oxygen atoms in total. The maximum absolute atomic E-state index is 13.6. The topological polar surface area (TPSA) is 122 Å². The molecular weight excluding hydrogens is 509 g/mol. The zero-order valence-electron chi connectivity index (χ0n) is 20.8. The van der Waals surface area contributed by atoms with E-state index >= 15 is 0 Å². The van der Waals surface area contributed by atoms with E-state index in [1.54, 1.807) is 30.3 Å². The number of hydrogen-bond acceptors (Lipinski definition) is 7. The lowest BCUT2D eigenvalue weighted by Crippen LogP contribution is -2.28. The molecule has 0 amide bonds. The van der Waals surface area contributed by atoms with E-state index < -0.39 is 44.6 Å². The summed E-state index contributed by atoms with van der Waals surface area (Å²) in [6.45, 7) is 1.56. The van der Waals surface area contributed by atoms with Crippen molar-refractivity contribution in [3.63, 3.8) is 0 Å². The van der Waals surface area contributed by atoms with Crippen molar-refractivity contribution in [1.29, 1.82) is 0 Å². The number of aliphatic hydroxyl groups is 1. The number of unbranched alkanes of at least 4 members (excludes halogenated alkanes) is 2. The summed E-state index contributed by atoms with van der Waals surface area (Å²) in [4.78, 5) is 19.8. The number of halogens is 1. The third-order valence-electron chi connectivity index (χ3n) is 6.28. The van der Waals surface area contributed by atoms with Gasteiger partial charge in [0.15, 0.2) is 4.90 Å². The van der Waals surface area contributed by atoms with Crippen LogP contribution in [0.2, 0.25) is 0 Å². The summed E-state index contributed by atoms with van der Waals surface area (Å²) < 4.78 is 42.0. The SMILES string of the molecule is CCCCCc1nc(=O)c(S(=O)(=O)c2ccc(-c3cncc(F)c3)cc2)c(O)n1[C@@H](CO)c1ccccc1. The van der Waals surface area contributed by atoms with Crippen LogP contribution in [-0.2, 0) is 16.3 Å². The predicted molar refractivity (Wildman–Crippen MR) is 140 cm³/mol. The van der Waals surface area contributed by atoms with Crippen LogP contribution in [0.3, 0.4) is 0 Å². The Morgan fingerprint density at radius 1 is 1.00 bits per heavy atom. The molecule has 0 fully saturated rings. The van der Waals surface area contributed by atoms with Gasteiger partial charge in [-0.05, 0) is 35.7 Å². The first-order valence-corrected chi connectivity index (χ1v) is 13.7. The molecular formula is C28H28FN3O5S. The fourth-order valence-electron chi connectivity index (χ4n) is 4.35. The molecule has 4 rings (SSSR count). The third-order valence-corrected chi connectivity index (χ3v) is 8.07. The summed E-state index contributed by atoms with van der Waals surface area (Å²) in [5, 5.41) is 21.6. The normalized spacial score (nSPS) is 12.4. The van der Waals surface area contributed by atoms with Crippen LogP contribution in [0, 0.1) is 5.82 Å². The van der Waals surface area contributed by atoms with Crippen LogP contribution in [0.1, 0.15) is 43.6 Å².